The van der Waals surface area contributed by atoms with Gasteiger partial charge in [0.1, 0.15) is 22.4 Å². The molecule has 12 heteroatoms. The first kappa shape index (κ1) is 22.9. The maximum atomic E-state index is 13.8. The van der Waals surface area contributed by atoms with Crippen molar-refractivity contribution in [2.24, 2.45) is 5.92 Å². The molecule has 2 atom stereocenters. The number of rotatable bonds is 4. The van der Waals surface area contributed by atoms with Crippen molar-refractivity contribution in [2.75, 3.05) is 5.32 Å². The van der Waals surface area contributed by atoms with Crippen LogP contribution in [0.4, 0.5) is 27.6 Å². The van der Waals surface area contributed by atoms with E-state index in [1.165, 1.54) is 35.3 Å². The number of alkyl halides is 3. The lowest BCUT2D eigenvalue weighted by Gasteiger charge is -2.22. The lowest BCUT2D eigenvalue weighted by Crippen LogP contribution is -2.49. The standard InChI is InChI=1S/C21H16F5N3O3S/c22-14-3-6-18(19(23)9-14)20(30)27-15-10-16-12-29(8-7-28(16)11-15)33(31,32)17-4-1-13(2-5-17)21(24,25)26/h1,3-4,6-13,17H,2,5H2/p+1. The number of hydrogen-bond acceptors (Lipinski definition) is 3. The van der Waals surface area contributed by atoms with Gasteiger partial charge in [0, 0.05) is 12.3 Å². The third-order valence-electron chi connectivity index (χ3n) is 5.36. The first-order chi connectivity index (χ1) is 15.4. The maximum Gasteiger partial charge on any atom is 0.395 e. The van der Waals surface area contributed by atoms with Gasteiger partial charge in [0.15, 0.2) is 0 Å². The monoisotopic (exact) mass is 486 g/mol. The molecule has 0 bridgehead atoms. The third kappa shape index (κ3) is 4.61. The van der Waals surface area contributed by atoms with Crippen LogP contribution in [-0.4, -0.2) is 30.2 Å². The second-order valence-corrected chi connectivity index (χ2v) is 9.65. The van der Waals surface area contributed by atoms with Crippen LogP contribution in [0, 0.1) is 17.6 Å². The topological polar surface area (TPSA) is 71.5 Å². The van der Waals surface area contributed by atoms with E-state index < -0.39 is 44.9 Å². The van der Waals surface area contributed by atoms with Crippen molar-refractivity contribution < 1.29 is 39.1 Å². The van der Waals surface area contributed by atoms with Gasteiger partial charge in [-0.1, -0.05) is 16.1 Å². The Kier molecular flexibility index (Phi) is 5.72. The lowest BCUT2D eigenvalue weighted by molar-refractivity contribution is -0.511. The molecule has 174 valence electrons. The fourth-order valence-corrected chi connectivity index (χ4v) is 5.12. The number of carbonyl (C=O) groups excluding carboxylic acids is 1. The van der Waals surface area contributed by atoms with Gasteiger partial charge < -0.3 is 9.72 Å². The number of halogens is 5. The minimum atomic E-state index is -4.42. The molecule has 2 aromatic heterocycles. The van der Waals surface area contributed by atoms with Gasteiger partial charge in [-0.2, -0.15) is 21.6 Å². The summed E-state index contributed by atoms with van der Waals surface area (Å²) in [5.41, 5.74) is 0.207. The van der Waals surface area contributed by atoms with E-state index in [1.807, 2.05) is 0 Å². The molecule has 0 fully saturated rings. The summed E-state index contributed by atoms with van der Waals surface area (Å²) in [5.74, 6) is -4.35. The van der Waals surface area contributed by atoms with Crippen LogP contribution in [0.1, 0.15) is 23.2 Å². The fourth-order valence-electron chi connectivity index (χ4n) is 3.61. The Bertz CT molecular complexity index is 1370. The van der Waals surface area contributed by atoms with Crippen LogP contribution in [0.5, 0.6) is 0 Å². The zero-order valence-corrected chi connectivity index (χ0v) is 17.6. The van der Waals surface area contributed by atoms with Crippen LogP contribution in [-0.2, 0) is 10.0 Å². The van der Waals surface area contributed by atoms with Crippen molar-refractivity contribution in [2.45, 2.75) is 24.3 Å². The van der Waals surface area contributed by atoms with Gasteiger partial charge >= 0.3 is 16.2 Å². The zero-order valence-electron chi connectivity index (χ0n) is 16.8. The van der Waals surface area contributed by atoms with Crippen LogP contribution in [0.2, 0.25) is 0 Å². The summed E-state index contributed by atoms with van der Waals surface area (Å²) in [6.07, 6.45) is 2.37. The van der Waals surface area contributed by atoms with Crippen LogP contribution in [0.25, 0.3) is 5.52 Å². The quantitative estimate of drug-likeness (QED) is 0.346. The third-order valence-corrected chi connectivity index (χ3v) is 7.34. The molecule has 1 aliphatic rings. The van der Waals surface area contributed by atoms with Gasteiger partial charge in [-0.25, -0.2) is 8.78 Å². The molecule has 0 aliphatic heterocycles. The number of anilines is 1. The van der Waals surface area contributed by atoms with Crippen molar-refractivity contribution in [3.8, 4) is 0 Å². The number of amides is 1. The molecule has 0 saturated carbocycles. The molecule has 1 amide bonds. The van der Waals surface area contributed by atoms with E-state index in [2.05, 4.69) is 5.32 Å². The molecule has 1 N–H and O–H groups in total. The van der Waals surface area contributed by atoms with E-state index in [-0.39, 0.29) is 24.1 Å². The Balaban J connectivity index is 1.56. The Morgan fingerprint density at radius 2 is 1.88 bits per heavy atom. The molecule has 3 aromatic rings. The highest BCUT2D eigenvalue weighted by molar-refractivity contribution is 7.85. The predicted octanol–water partition coefficient (Wildman–Crippen LogP) is 3.83. The molecular formula is C21H17F5N3O3S+. The van der Waals surface area contributed by atoms with E-state index in [9.17, 15) is 35.2 Å². The highest BCUT2D eigenvalue weighted by atomic mass is 32.2. The molecule has 6 nitrogen and oxygen atoms in total. The Hall–Kier alpha value is -3.28. The largest absolute Gasteiger partial charge is 0.395 e. The summed E-state index contributed by atoms with van der Waals surface area (Å²) in [6, 6.07) is 3.95. The summed E-state index contributed by atoms with van der Waals surface area (Å²) >= 11 is 0. The average molecular weight is 486 g/mol. The molecule has 4 rings (SSSR count). The first-order valence-corrected chi connectivity index (χ1v) is 11.2. The second kappa shape index (κ2) is 8.25. The smallest absolute Gasteiger partial charge is 0.320 e. The van der Waals surface area contributed by atoms with Gasteiger partial charge in [-0.3, -0.25) is 4.79 Å². The zero-order chi connectivity index (χ0) is 24.0. The molecule has 0 radical (unpaired) electrons. The molecule has 1 aliphatic carbocycles. The summed E-state index contributed by atoms with van der Waals surface area (Å²) in [7, 11) is -4.01. The van der Waals surface area contributed by atoms with Gasteiger partial charge in [0.2, 0.25) is 12.4 Å². The SMILES string of the molecule is O=C(Nc1cc2c[n+](S(=O)(=O)C3C=CC(C(F)(F)F)CC3)ccn2c1)c1ccc(F)cc1F. The summed E-state index contributed by atoms with van der Waals surface area (Å²) in [5, 5.41) is 1.34. The van der Waals surface area contributed by atoms with Crippen molar-refractivity contribution in [3.05, 3.63) is 78.4 Å². The van der Waals surface area contributed by atoms with Gasteiger partial charge in [0.05, 0.1) is 23.4 Å². The first-order valence-electron chi connectivity index (χ1n) is 9.74. The molecular weight excluding hydrogens is 469 g/mol. The van der Waals surface area contributed by atoms with Crippen molar-refractivity contribution in [3.63, 3.8) is 0 Å². The second-order valence-electron chi connectivity index (χ2n) is 7.59. The van der Waals surface area contributed by atoms with Crippen LogP contribution >= 0.6 is 0 Å². The molecule has 0 saturated heterocycles. The normalized spacial score (nSPS) is 19.1. The van der Waals surface area contributed by atoms with Crippen LogP contribution in [0.15, 0.2) is 61.2 Å². The fraction of sp³-hybridized carbons (Fsp3) is 0.238. The minimum absolute atomic E-state index is 0.174. The van der Waals surface area contributed by atoms with Crippen molar-refractivity contribution in [1.82, 2.24) is 4.40 Å². The Labute approximate surface area is 185 Å². The summed E-state index contributed by atoms with van der Waals surface area (Å²) < 4.78 is 93.5. The van der Waals surface area contributed by atoms with Crippen molar-refractivity contribution in [1.29, 1.82) is 0 Å². The van der Waals surface area contributed by atoms with Crippen LogP contribution < -0.4 is 9.29 Å². The molecule has 33 heavy (non-hydrogen) atoms. The van der Waals surface area contributed by atoms with E-state index in [0.717, 1.165) is 28.3 Å². The minimum Gasteiger partial charge on any atom is -0.320 e. The van der Waals surface area contributed by atoms with E-state index >= 15 is 0 Å². The van der Waals surface area contributed by atoms with Crippen LogP contribution in [0.3, 0.4) is 0 Å². The maximum absolute atomic E-state index is 13.8. The highest BCUT2D eigenvalue weighted by Crippen LogP contribution is 2.35. The molecule has 2 unspecified atom stereocenters. The average Bonchev–Trinajstić information content (AvgIpc) is 3.14. The number of benzene rings is 1. The number of nitrogens with one attached hydrogen (secondary N) is 1. The summed E-state index contributed by atoms with van der Waals surface area (Å²) in [6.45, 7) is 0. The Morgan fingerprint density at radius 3 is 2.52 bits per heavy atom. The molecule has 0 spiro atoms. The predicted molar refractivity (Wildman–Crippen MR) is 108 cm³/mol. The number of hydrogen-bond donors (Lipinski definition) is 1. The van der Waals surface area contributed by atoms with Gasteiger partial charge in [0.25, 0.3) is 5.91 Å². The number of carbonyl (C=O) groups is 1. The number of nitrogens with zero attached hydrogens (tertiary/aromatic N) is 2. The van der Waals surface area contributed by atoms with Gasteiger partial charge in [-0.15, -0.1) is 0 Å². The molecule has 2 heterocycles. The molecule has 1 aromatic carbocycles. The Morgan fingerprint density at radius 1 is 1.12 bits per heavy atom. The highest BCUT2D eigenvalue weighted by Gasteiger charge is 2.43. The van der Waals surface area contributed by atoms with E-state index in [4.69, 9.17) is 0 Å². The number of aromatic nitrogens is 2. The van der Waals surface area contributed by atoms with E-state index in [1.54, 1.807) is 0 Å². The van der Waals surface area contributed by atoms with E-state index in [0.29, 0.717) is 11.6 Å². The number of allylic oxidation sites excluding steroid dienone is 1. The lowest BCUT2D eigenvalue weighted by atomic mass is 9.95. The van der Waals surface area contributed by atoms with Gasteiger partial charge in [-0.05, 0) is 31.0 Å². The summed E-state index contributed by atoms with van der Waals surface area (Å²) in [4.78, 5) is 12.3. The number of fused-ring (bicyclic) bond motifs is 1. The van der Waals surface area contributed by atoms with Crippen molar-refractivity contribution >= 4 is 27.1 Å².